The molecule has 1 heterocycles. The molecule has 0 spiro atoms. The van der Waals surface area contributed by atoms with Crippen LogP contribution in [0.5, 0.6) is 5.75 Å². The van der Waals surface area contributed by atoms with Crippen molar-refractivity contribution in [3.8, 4) is 5.75 Å². The number of aliphatic hydroxyl groups is 1. The average Bonchev–Trinajstić information content (AvgIpc) is 2.72. The number of hydrogen-bond donors (Lipinski definition) is 1. The first-order valence-corrected chi connectivity index (χ1v) is 6.45. The first kappa shape index (κ1) is 13.0. The fourth-order valence-electron chi connectivity index (χ4n) is 1.60. The van der Waals surface area contributed by atoms with Gasteiger partial charge in [-0.3, -0.25) is 0 Å². The second-order valence-corrected chi connectivity index (χ2v) is 5.07. The van der Waals surface area contributed by atoms with Crippen LogP contribution in [0.4, 0.5) is 4.39 Å². The number of hydrogen-bond acceptors (Lipinski definition) is 4. The molecule has 1 aromatic carbocycles. The van der Waals surface area contributed by atoms with E-state index in [4.69, 9.17) is 4.74 Å². The van der Waals surface area contributed by atoms with Gasteiger partial charge in [0.05, 0.1) is 16.8 Å². The number of ether oxygens (including phenoxy) is 1. The SMILES string of the molecule is Cc1nc(COc2cc(F)ccc2C(C)O)cs1. The maximum Gasteiger partial charge on any atom is 0.131 e. The van der Waals surface area contributed by atoms with Crippen molar-refractivity contribution in [3.05, 3.63) is 45.7 Å². The molecular formula is C13H14FNO2S. The van der Waals surface area contributed by atoms with E-state index in [2.05, 4.69) is 4.98 Å². The molecule has 1 unspecified atom stereocenters. The Morgan fingerprint density at radius 3 is 2.89 bits per heavy atom. The second kappa shape index (κ2) is 5.46. The predicted octanol–water partition coefficient (Wildman–Crippen LogP) is 3.22. The molecule has 1 atom stereocenters. The predicted molar refractivity (Wildman–Crippen MR) is 68.2 cm³/mol. The van der Waals surface area contributed by atoms with E-state index < -0.39 is 6.10 Å². The smallest absolute Gasteiger partial charge is 0.131 e. The largest absolute Gasteiger partial charge is 0.487 e. The lowest BCUT2D eigenvalue weighted by Crippen LogP contribution is -2.02. The Morgan fingerprint density at radius 1 is 1.50 bits per heavy atom. The number of aromatic nitrogens is 1. The van der Waals surface area contributed by atoms with Gasteiger partial charge in [-0.2, -0.15) is 0 Å². The minimum absolute atomic E-state index is 0.271. The Hall–Kier alpha value is -1.46. The minimum atomic E-state index is -0.697. The third-order valence-corrected chi connectivity index (χ3v) is 3.29. The Morgan fingerprint density at radius 2 is 2.28 bits per heavy atom. The highest BCUT2D eigenvalue weighted by Gasteiger charge is 2.11. The Balaban J connectivity index is 2.15. The van der Waals surface area contributed by atoms with Gasteiger partial charge < -0.3 is 9.84 Å². The fraction of sp³-hybridized carbons (Fsp3) is 0.308. The summed E-state index contributed by atoms with van der Waals surface area (Å²) in [5, 5.41) is 12.4. The van der Waals surface area contributed by atoms with Crippen molar-refractivity contribution in [1.29, 1.82) is 0 Å². The molecule has 3 nitrogen and oxygen atoms in total. The van der Waals surface area contributed by atoms with E-state index in [9.17, 15) is 9.50 Å². The van der Waals surface area contributed by atoms with Crippen molar-refractivity contribution in [3.63, 3.8) is 0 Å². The maximum atomic E-state index is 13.2. The normalized spacial score (nSPS) is 12.4. The van der Waals surface area contributed by atoms with Gasteiger partial charge in [-0.15, -0.1) is 11.3 Å². The third kappa shape index (κ3) is 3.05. The van der Waals surface area contributed by atoms with E-state index in [1.807, 2.05) is 12.3 Å². The van der Waals surface area contributed by atoms with E-state index in [0.29, 0.717) is 11.3 Å². The van der Waals surface area contributed by atoms with Crippen molar-refractivity contribution in [2.45, 2.75) is 26.6 Å². The molecule has 0 aliphatic rings. The molecule has 0 radical (unpaired) electrons. The highest BCUT2D eigenvalue weighted by Crippen LogP contribution is 2.26. The van der Waals surface area contributed by atoms with E-state index in [-0.39, 0.29) is 12.4 Å². The molecule has 0 aliphatic carbocycles. The summed E-state index contributed by atoms with van der Waals surface area (Å²) >= 11 is 1.54. The lowest BCUT2D eigenvalue weighted by atomic mass is 10.1. The zero-order valence-electron chi connectivity index (χ0n) is 10.2. The summed E-state index contributed by atoms with van der Waals surface area (Å²) in [4.78, 5) is 4.26. The van der Waals surface area contributed by atoms with E-state index in [1.54, 1.807) is 6.92 Å². The van der Waals surface area contributed by atoms with Gasteiger partial charge in [-0.05, 0) is 26.0 Å². The zero-order chi connectivity index (χ0) is 13.1. The van der Waals surface area contributed by atoms with Crippen LogP contribution in [-0.2, 0) is 6.61 Å². The van der Waals surface area contributed by atoms with Crippen LogP contribution in [0.1, 0.15) is 29.3 Å². The molecule has 18 heavy (non-hydrogen) atoms. The summed E-state index contributed by atoms with van der Waals surface area (Å²) in [5.74, 6) is -0.0282. The minimum Gasteiger partial charge on any atom is -0.487 e. The molecule has 0 bridgehead atoms. The molecule has 5 heteroatoms. The van der Waals surface area contributed by atoms with Gasteiger partial charge in [-0.1, -0.05) is 0 Å². The van der Waals surface area contributed by atoms with E-state index >= 15 is 0 Å². The number of benzene rings is 1. The number of halogens is 1. The molecule has 2 aromatic rings. The summed E-state index contributed by atoms with van der Waals surface area (Å²) in [5.41, 5.74) is 1.38. The number of thiazole rings is 1. The van der Waals surface area contributed by atoms with Gasteiger partial charge in [0.15, 0.2) is 0 Å². The molecule has 0 saturated heterocycles. The van der Waals surface area contributed by atoms with Gasteiger partial charge in [0.25, 0.3) is 0 Å². The standard InChI is InChI=1S/C13H14FNO2S/c1-8(16)12-4-3-10(14)5-13(12)17-6-11-7-18-9(2)15-11/h3-5,7-8,16H,6H2,1-2H3. The summed E-state index contributed by atoms with van der Waals surface area (Å²) in [6.07, 6.45) is -0.697. The van der Waals surface area contributed by atoms with Gasteiger partial charge in [-0.25, -0.2) is 9.37 Å². The monoisotopic (exact) mass is 267 g/mol. The number of nitrogens with zero attached hydrogens (tertiary/aromatic N) is 1. The Bertz CT molecular complexity index is 540. The Kier molecular flexibility index (Phi) is 3.93. The van der Waals surface area contributed by atoms with Crippen LogP contribution >= 0.6 is 11.3 Å². The molecule has 96 valence electrons. The molecule has 0 amide bonds. The van der Waals surface area contributed by atoms with E-state index in [1.165, 1.54) is 29.5 Å². The van der Waals surface area contributed by atoms with Gasteiger partial charge in [0.2, 0.25) is 0 Å². The van der Waals surface area contributed by atoms with Crippen molar-refractivity contribution in [2.75, 3.05) is 0 Å². The topological polar surface area (TPSA) is 42.4 Å². The molecule has 1 N–H and O–H groups in total. The number of aryl methyl sites for hydroxylation is 1. The van der Waals surface area contributed by atoms with Gasteiger partial charge in [0.1, 0.15) is 18.2 Å². The van der Waals surface area contributed by atoms with Crippen molar-refractivity contribution < 1.29 is 14.2 Å². The number of aliphatic hydroxyl groups excluding tert-OH is 1. The van der Waals surface area contributed by atoms with Crippen molar-refractivity contribution in [1.82, 2.24) is 4.98 Å². The first-order chi connectivity index (χ1) is 8.56. The highest BCUT2D eigenvalue weighted by molar-refractivity contribution is 7.09. The third-order valence-electron chi connectivity index (χ3n) is 2.47. The molecule has 0 fully saturated rings. The summed E-state index contributed by atoms with van der Waals surface area (Å²) in [7, 11) is 0. The molecule has 0 aliphatic heterocycles. The van der Waals surface area contributed by atoms with Crippen molar-refractivity contribution >= 4 is 11.3 Å². The van der Waals surface area contributed by atoms with Crippen LogP contribution in [0.2, 0.25) is 0 Å². The first-order valence-electron chi connectivity index (χ1n) is 5.57. The second-order valence-electron chi connectivity index (χ2n) is 4.00. The average molecular weight is 267 g/mol. The summed E-state index contributed by atoms with van der Waals surface area (Å²) in [6.45, 7) is 3.80. The van der Waals surface area contributed by atoms with Crippen LogP contribution in [0, 0.1) is 12.7 Å². The van der Waals surface area contributed by atoms with Crippen LogP contribution < -0.4 is 4.74 Å². The van der Waals surface area contributed by atoms with Crippen LogP contribution in [0.15, 0.2) is 23.6 Å². The van der Waals surface area contributed by atoms with Gasteiger partial charge in [0, 0.05) is 17.0 Å². The highest BCUT2D eigenvalue weighted by atomic mass is 32.1. The molecule has 1 aromatic heterocycles. The number of rotatable bonds is 4. The molecular weight excluding hydrogens is 253 g/mol. The molecule has 0 saturated carbocycles. The maximum absolute atomic E-state index is 13.2. The zero-order valence-corrected chi connectivity index (χ0v) is 11.0. The summed E-state index contributed by atoms with van der Waals surface area (Å²) < 4.78 is 18.7. The van der Waals surface area contributed by atoms with E-state index in [0.717, 1.165) is 10.7 Å². The van der Waals surface area contributed by atoms with Crippen molar-refractivity contribution in [2.24, 2.45) is 0 Å². The quantitative estimate of drug-likeness (QED) is 0.924. The fourth-order valence-corrected chi connectivity index (χ4v) is 2.20. The lowest BCUT2D eigenvalue weighted by molar-refractivity contribution is 0.189. The Labute approximate surface area is 109 Å². The summed E-state index contributed by atoms with van der Waals surface area (Å²) in [6, 6.07) is 4.12. The van der Waals surface area contributed by atoms with Crippen LogP contribution in [-0.4, -0.2) is 10.1 Å². The van der Waals surface area contributed by atoms with Crippen LogP contribution in [0.3, 0.4) is 0 Å². The van der Waals surface area contributed by atoms with Gasteiger partial charge >= 0.3 is 0 Å². The van der Waals surface area contributed by atoms with Crippen LogP contribution in [0.25, 0.3) is 0 Å². The molecule has 2 rings (SSSR count). The lowest BCUT2D eigenvalue weighted by Gasteiger charge is -2.12.